The van der Waals surface area contributed by atoms with Crippen LogP contribution in [0.1, 0.15) is 5.56 Å². The topological polar surface area (TPSA) is 114 Å². The zero-order chi connectivity index (χ0) is 14.0. The number of sulfonamides is 1. The Kier molecular flexibility index (Phi) is 3.26. The van der Waals surface area contributed by atoms with E-state index in [1.54, 1.807) is 24.3 Å². The molecular formula is C11H13N5O2S. The minimum Gasteiger partial charge on any atom is -0.384 e. The van der Waals surface area contributed by atoms with E-state index in [9.17, 15) is 8.42 Å². The first-order valence-corrected chi connectivity index (χ1v) is 6.84. The summed E-state index contributed by atoms with van der Waals surface area (Å²) in [7, 11) is -2.23. The molecule has 4 N–H and O–H groups in total. The molecule has 2 rings (SSSR count). The average Bonchev–Trinajstić information content (AvgIpc) is 2.76. The molecule has 7 nitrogen and oxygen atoms in total. The molecule has 19 heavy (non-hydrogen) atoms. The number of aromatic nitrogens is 2. The fraction of sp³-hybridized carbons (Fsp3) is 0.0909. The Morgan fingerprint density at radius 2 is 2.05 bits per heavy atom. The zero-order valence-electron chi connectivity index (χ0n) is 10.2. The Morgan fingerprint density at radius 3 is 2.63 bits per heavy atom. The van der Waals surface area contributed by atoms with E-state index in [4.69, 9.17) is 11.1 Å². The number of nitrogens with two attached hydrogens (primary N) is 1. The summed E-state index contributed by atoms with van der Waals surface area (Å²) in [5.74, 6) is -0.205. The molecular weight excluding hydrogens is 266 g/mol. The van der Waals surface area contributed by atoms with Crippen LogP contribution in [0.2, 0.25) is 0 Å². The van der Waals surface area contributed by atoms with E-state index in [1.807, 2.05) is 0 Å². The third-order valence-electron chi connectivity index (χ3n) is 2.51. The number of nitrogens with one attached hydrogen (secondary N) is 2. The molecule has 1 aromatic carbocycles. The van der Waals surface area contributed by atoms with E-state index in [0.29, 0.717) is 5.56 Å². The second-order valence-electron chi connectivity index (χ2n) is 3.86. The summed E-state index contributed by atoms with van der Waals surface area (Å²) in [5.41, 5.74) is 6.00. The predicted octanol–water partition coefficient (Wildman–Crippen LogP) is 0.505. The molecule has 0 saturated carbocycles. The molecule has 0 fully saturated rings. The Bertz CT molecular complexity index is 720. The molecule has 0 amide bonds. The summed E-state index contributed by atoms with van der Waals surface area (Å²) in [6.45, 7) is 0. The molecule has 8 heteroatoms. The second-order valence-corrected chi connectivity index (χ2v) is 5.49. The normalized spacial score (nSPS) is 11.2. The van der Waals surface area contributed by atoms with Crippen LogP contribution in [0.3, 0.4) is 0 Å². The van der Waals surface area contributed by atoms with E-state index < -0.39 is 10.0 Å². The van der Waals surface area contributed by atoms with Gasteiger partial charge in [0.05, 0.1) is 11.9 Å². The highest BCUT2D eigenvalue weighted by atomic mass is 32.2. The maximum absolute atomic E-state index is 12.2. The molecule has 0 atom stereocenters. The molecule has 1 heterocycles. The van der Waals surface area contributed by atoms with Crippen LogP contribution in [-0.4, -0.2) is 24.0 Å². The van der Waals surface area contributed by atoms with E-state index >= 15 is 0 Å². The van der Waals surface area contributed by atoms with Gasteiger partial charge < -0.3 is 5.73 Å². The van der Waals surface area contributed by atoms with Crippen molar-refractivity contribution in [3.8, 4) is 0 Å². The summed E-state index contributed by atoms with van der Waals surface area (Å²) in [5, 5.41) is 11.3. The van der Waals surface area contributed by atoms with Gasteiger partial charge in [0.2, 0.25) is 0 Å². The molecule has 100 valence electrons. The Hall–Kier alpha value is -2.35. The van der Waals surface area contributed by atoms with Gasteiger partial charge in [-0.15, -0.1) is 0 Å². The largest absolute Gasteiger partial charge is 0.384 e. The lowest BCUT2D eigenvalue weighted by Crippen LogP contribution is -2.20. The molecule has 0 saturated heterocycles. The van der Waals surface area contributed by atoms with Gasteiger partial charge in [-0.2, -0.15) is 13.5 Å². The van der Waals surface area contributed by atoms with Crippen molar-refractivity contribution < 1.29 is 8.42 Å². The van der Waals surface area contributed by atoms with Crippen LogP contribution in [0.4, 0.5) is 5.69 Å². The molecule has 0 aliphatic rings. The highest BCUT2D eigenvalue weighted by molar-refractivity contribution is 7.92. The lowest BCUT2D eigenvalue weighted by molar-refractivity contribution is 0.582. The summed E-state index contributed by atoms with van der Waals surface area (Å²) in [6, 6.07) is 7.85. The van der Waals surface area contributed by atoms with E-state index in [2.05, 4.69) is 9.82 Å². The predicted molar refractivity (Wildman–Crippen MR) is 71.5 cm³/mol. The van der Waals surface area contributed by atoms with Crippen molar-refractivity contribution in [1.82, 2.24) is 9.78 Å². The van der Waals surface area contributed by atoms with Gasteiger partial charge in [-0.3, -0.25) is 14.8 Å². The smallest absolute Gasteiger partial charge is 0.279 e. The van der Waals surface area contributed by atoms with Gasteiger partial charge in [-0.05, 0) is 18.2 Å². The van der Waals surface area contributed by atoms with Crippen molar-refractivity contribution in [2.45, 2.75) is 5.03 Å². The summed E-state index contributed by atoms with van der Waals surface area (Å²) < 4.78 is 28.0. The molecule has 0 aliphatic heterocycles. The van der Waals surface area contributed by atoms with Crippen molar-refractivity contribution in [2.24, 2.45) is 12.8 Å². The number of hydrogen-bond acceptors (Lipinski definition) is 4. The first kappa shape index (κ1) is 13.1. The monoisotopic (exact) mass is 279 g/mol. The number of hydrogen-bond donors (Lipinski definition) is 3. The Labute approximate surface area is 110 Å². The highest BCUT2D eigenvalue weighted by Crippen LogP contribution is 2.19. The number of benzene rings is 1. The molecule has 2 aromatic rings. The summed E-state index contributed by atoms with van der Waals surface area (Å²) >= 11 is 0. The van der Waals surface area contributed by atoms with Crippen molar-refractivity contribution >= 4 is 21.5 Å². The lowest BCUT2D eigenvalue weighted by atomic mass is 10.2. The van der Waals surface area contributed by atoms with Gasteiger partial charge in [0, 0.05) is 12.6 Å². The minimum atomic E-state index is -3.76. The second kappa shape index (κ2) is 4.73. The van der Waals surface area contributed by atoms with Crippen LogP contribution in [0.5, 0.6) is 0 Å². The molecule has 0 radical (unpaired) electrons. The van der Waals surface area contributed by atoms with Crippen molar-refractivity contribution in [2.75, 3.05) is 4.72 Å². The average molecular weight is 279 g/mol. The summed E-state index contributed by atoms with van der Waals surface area (Å²) in [4.78, 5) is 0. The van der Waals surface area contributed by atoms with Gasteiger partial charge in [-0.1, -0.05) is 12.1 Å². The Balaban J connectivity index is 2.42. The number of para-hydroxylation sites is 1. The van der Waals surface area contributed by atoms with Gasteiger partial charge >= 0.3 is 0 Å². The first-order valence-electron chi connectivity index (χ1n) is 5.36. The number of rotatable bonds is 4. The number of amidine groups is 1. The molecule has 0 bridgehead atoms. The van der Waals surface area contributed by atoms with Crippen molar-refractivity contribution in [3.05, 3.63) is 42.1 Å². The fourth-order valence-corrected chi connectivity index (χ4v) is 2.84. The quantitative estimate of drug-likeness (QED) is 0.558. The van der Waals surface area contributed by atoms with Gasteiger partial charge in [0.15, 0.2) is 5.03 Å². The lowest BCUT2D eigenvalue weighted by Gasteiger charge is -2.11. The van der Waals surface area contributed by atoms with Gasteiger partial charge in [-0.25, -0.2) is 0 Å². The molecule has 0 unspecified atom stereocenters. The van der Waals surface area contributed by atoms with E-state index in [-0.39, 0.29) is 16.5 Å². The molecule has 0 aliphatic carbocycles. The van der Waals surface area contributed by atoms with E-state index in [0.717, 1.165) is 0 Å². The first-order chi connectivity index (χ1) is 8.92. The van der Waals surface area contributed by atoms with Crippen LogP contribution in [0.25, 0.3) is 0 Å². The Morgan fingerprint density at radius 1 is 1.37 bits per heavy atom. The SMILES string of the molecule is Cn1nccc1S(=O)(=O)Nc1ccccc1C(=N)N. The maximum atomic E-state index is 12.2. The van der Waals surface area contributed by atoms with Gasteiger partial charge in [0.25, 0.3) is 10.0 Å². The van der Waals surface area contributed by atoms with Crippen molar-refractivity contribution in [1.29, 1.82) is 5.41 Å². The zero-order valence-corrected chi connectivity index (χ0v) is 11.0. The number of aryl methyl sites for hydroxylation is 1. The van der Waals surface area contributed by atoms with E-state index in [1.165, 1.54) is 24.0 Å². The van der Waals surface area contributed by atoms with Crippen LogP contribution in [0, 0.1) is 5.41 Å². The molecule has 1 aromatic heterocycles. The number of nitrogen functional groups attached to an aromatic ring is 1. The minimum absolute atomic E-state index is 0.0332. The highest BCUT2D eigenvalue weighted by Gasteiger charge is 2.19. The van der Waals surface area contributed by atoms with Crippen molar-refractivity contribution in [3.63, 3.8) is 0 Å². The third kappa shape index (κ3) is 2.58. The number of nitrogens with zero attached hydrogens (tertiary/aromatic N) is 2. The summed E-state index contributed by atoms with van der Waals surface area (Å²) in [6.07, 6.45) is 1.39. The number of anilines is 1. The van der Waals surface area contributed by atoms with Crippen LogP contribution in [0.15, 0.2) is 41.6 Å². The maximum Gasteiger partial charge on any atom is 0.279 e. The standard InChI is InChI=1S/C11H13N5O2S/c1-16-10(6-7-14-16)19(17,18)15-9-5-3-2-4-8(9)11(12)13/h2-7,15H,1H3,(H3,12,13). The third-order valence-corrected chi connectivity index (χ3v) is 3.95. The van der Waals surface area contributed by atoms with Crippen LogP contribution in [-0.2, 0) is 17.1 Å². The van der Waals surface area contributed by atoms with Crippen LogP contribution >= 0.6 is 0 Å². The fourth-order valence-electron chi connectivity index (χ4n) is 1.63. The van der Waals surface area contributed by atoms with Gasteiger partial charge in [0.1, 0.15) is 5.84 Å². The molecule has 0 spiro atoms. The van der Waals surface area contributed by atoms with Crippen LogP contribution < -0.4 is 10.5 Å².